The third-order valence-corrected chi connectivity index (χ3v) is 3.54. The van der Waals surface area contributed by atoms with Crippen LogP contribution in [0.25, 0.3) is 0 Å². The molecule has 1 rings (SSSR count). The summed E-state index contributed by atoms with van der Waals surface area (Å²) in [4.78, 5) is 25.2. The molecule has 19 heavy (non-hydrogen) atoms. The summed E-state index contributed by atoms with van der Waals surface area (Å²) in [6, 6.07) is -0.0710. The van der Waals surface area contributed by atoms with Crippen LogP contribution in [0.4, 0.5) is 0 Å². The Balaban J connectivity index is 2.65. The van der Waals surface area contributed by atoms with Gasteiger partial charge in [-0.05, 0) is 39.3 Å². The standard InChI is InChI=1S/C13H26N4O2/c1-3-6-16-13(19)10(2)17(9-12(14)18)11-4-7-15-8-5-11/h10-11,15H,3-9H2,1-2H3,(H2,14,18)(H,16,19). The molecule has 110 valence electrons. The minimum Gasteiger partial charge on any atom is -0.369 e. The van der Waals surface area contributed by atoms with Gasteiger partial charge < -0.3 is 16.4 Å². The van der Waals surface area contributed by atoms with Crippen molar-refractivity contribution in [3.63, 3.8) is 0 Å². The maximum absolute atomic E-state index is 12.0. The van der Waals surface area contributed by atoms with E-state index in [1.165, 1.54) is 0 Å². The number of piperidine rings is 1. The summed E-state index contributed by atoms with van der Waals surface area (Å²) in [5, 5.41) is 6.16. The number of carbonyl (C=O) groups excluding carboxylic acids is 2. The predicted molar refractivity (Wildman–Crippen MR) is 74.6 cm³/mol. The maximum atomic E-state index is 12.0. The first-order valence-corrected chi connectivity index (χ1v) is 7.08. The fourth-order valence-corrected chi connectivity index (χ4v) is 2.45. The smallest absolute Gasteiger partial charge is 0.237 e. The molecule has 0 radical (unpaired) electrons. The number of hydrogen-bond acceptors (Lipinski definition) is 4. The Hall–Kier alpha value is -1.14. The maximum Gasteiger partial charge on any atom is 0.237 e. The summed E-state index contributed by atoms with van der Waals surface area (Å²) in [6.45, 7) is 6.51. The van der Waals surface area contributed by atoms with Crippen LogP contribution >= 0.6 is 0 Å². The molecule has 6 nitrogen and oxygen atoms in total. The molecule has 2 amide bonds. The fraction of sp³-hybridized carbons (Fsp3) is 0.846. The Kier molecular flexibility index (Phi) is 6.80. The molecule has 1 aliphatic heterocycles. The number of nitrogens with zero attached hydrogens (tertiary/aromatic N) is 1. The molecule has 0 bridgehead atoms. The van der Waals surface area contributed by atoms with E-state index < -0.39 is 0 Å². The quantitative estimate of drug-likeness (QED) is 0.579. The van der Waals surface area contributed by atoms with Gasteiger partial charge in [-0.25, -0.2) is 0 Å². The number of nitrogens with one attached hydrogen (secondary N) is 2. The average molecular weight is 270 g/mol. The van der Waals surface area contributed by atoms with E-state index in [1.807, 2.05) is 18.7 Å². The van der Waals surface area contributed by atoms with E-state index >= 15 is 0 Å². The molecule has 0 aromatic carbocycles. The van der Waals surface area contributed by atoms with Gasteiger partial charge in [0, 0.05) is 12.6 Å². The molecule has 1 heterocycles. The van der Waals surface area contributed by atoms with Crippen LogP contribution in [0.1, 0.15) is 33.1 Å². The summed E-state index contributed by atoms with van der Waals surface area (Å²) in [6.07, 6.45) is 2.79. The highest BCUT2D eigenvalue weighted by Gasteiger charge is 2.29. The van der Waals surface area contributed by atoms with Crippen LogP contribution in [0.3, 0.4) is 0 Å². The van der Waals surface area contributed by atoms with Crippen LogP contribution < -0.4 is 16.4 Å². The predicted octanol–water partition coefficient (Wildman–Crippen LogP) is -0.560. The van der Waals surface area contributed by atoms with Gasteiger partial charge in [0.2, 0.25) is 11.8 Å². The van der Waals surface area contributed by atoms with Gasteiger partial charge in [0.25, 0.3) is 0 Å². The molecule has 4 N–H and O–H groups in total. The van der Waals surface area contributed by atoms with Crippen molar-refractivity contribution in [2.75, 3.05) is 26.2 Å². The van der Waals surface area contributed by atoms with Gasteiger partial charge in [-0.3, -0.25) is 14.5 Å². The number of nitrogens with two attached hydrogens (primary N) is 1. The molecule has 1 unspecified atom stereocenters. The molecule has 1 saturated heterocycles. The van der Waals surface area contributed by atoms with Gasteiger partial charge in [-0.15, -0.1) is 0 Å². The van der Waals surface area contributed by atoms with Crippen molar-refractivity contribution in [3.8, 4) is 0 Å². The SMILES string of the molecule is CCCNC(=O)C(C)N(CC(N)=O)C1CCNCC1. The Morgan fingerprint density at radius 3 is 2.58 bits per heavy atom. The summed E-state index contributed by atoms with van der Waals surface area (Å²) in [7, 11) is 0. The molecule has 6 heteroatoms. The minimum absolute atomic E-state index is 0.0263. The molecular formula is C13H26N4O2. The van der Waals surface area contributed by atoms with Crippen molar-refractivity contribution < 1.29 is 9.59 Å². The monoisotopic (exact) mass is 270 g/mol. The van der Waals surface area contributed by atoms with Crippen LogP contribution in [-0.4, -0.2) is 55.0 Å². The highest BCUT2D eigenvalue weighted by molar-refractivity contribution is 5.82. The van der Waals surface area contributed by atoms with E-state index in [1.54, 1.807) is 0 Å². The molecule has 1 atom stereocenters. The Bertz CT molecular complexity index is 303. The number of primary amides is 1. The number of hydrogen-bond donors (Lipinski definition) is 3. The summed E-state index contributed by atoms with van der Waals surface area (Å²) < 4.78 is 0. The molecule has 0 aliphatic carbocycles. The fourth-order valence-electron chi connectivity index (χ4n) is 2.45. The zero-order valence-electron chi connectivity index (χ0n) is 11.9. The van der Waals surface area contributed by atoms with E-state index in [4.69, 9.17) is 5.73 Å². The molecule has 1 fully saturated rings. The lowest BCUT2D eigenvalue weighted by Gasteiger charge is -2.37. The lowest BCUT2D eigenvalue weighted by atomic mass is 10.0. The topological polar surface area (TPSA) is 87.5 Å². The second-order valence-electron chi connectivity index (χ2n) is 5.09. The van der Waals surface area contributed by atoms with Gasteiger partial charge in [0.05, 0.1) is 12.6 Å². The van der Waals surface area contributed by atoms with Crippen molar-refractivity contribution in [1.29, 1.82) is 0 Å². The van der Waals surface area contributed by atoms with Gasteiger partial charge in [0.15, 0.2) is 0 Å². The first-order valence-electron chi connectivity index (χ1n) is 7.08. The molecule has 0 saturated carbocycles. The molecule has 1 aliphatic rings. The van der Waals surface area contributed by atoms with Gasteiger partial charge in [-0.2, -0.15) is 0 Å². The normalized spacial score (nSPS) is 18.3. The Morgan fingerprint density at radius 2 is 2.05 bits per heavy atom. The van der Waals surface area contributed by atoms with Gasteiger partial charge in [0.1, 0.15) is 0 Å². The highest BCUT2D eigenvalue weighted by Crippen LogP contribution is 2.15. The third kappa shape index (κ3) is 5.16. The van der Waals surface area contributed by atoms with Crippen molar-refractivity contribution >= 4 is 11.8 Å². The van der Waals surface area contributed by atoms with Crippen LogP contribution in [0.2, 0.25) is 0 Å². The lowest BCUT2D eigenvalue weighted by molar-refractivity contribution is -0.129. The number of amides is 2. The van der Waals surface area contributed by atoms with Gasteiger partial charge in [-0.1, -0.05) is 6.92 Å². The van der Waals surface area contributed by atoms with Crippen molar-refractivity contribution in [3.05, 3.63) is 0 Å². The highest BCUT2D eigenvalue weighted by atomic mass is 16.2. The van der Waals surface area contributed by atoms with Crippen LogP contribution in [0.15, 0.2) is 0 Å². The van der Waals surface area contributed by atoms with Crippen molar-refractivity contribution in [1.82, 2.24) is 15.5 Å². The number of carbonyl (C=O) groups is 2. The van der Waals surface area contributed by atoms with Crippen LogP contribution in [0.5, 0.6) is 0 Å². The van der Waals surface area contributed by atoms with Crippen molar-refractivity contribution in [2.45, 2.75) is 45.2 Å². The van der Waals surface area contributed by atoms with E-state index in [-0.39, 0.29) is 30.4 Å². The van der Waals surface area contributed by atoms with E-state index in [0.717, 1.165) is 32.4 Å². The second-order valence-corrected chi connectivity index (χ2v) is 5.09. The van der Waals surface area contributed by atoms with E-state index in [9.17, 15) is 9.59 Å². The average Bonchev–Trinajstić information content (AvgIpc) is 2.42. The molecule has 0 aromatic rings. The zero-order valence-corrected chi connectivity index (χ0v) is 11.9. The Labute approximate surface area is 115 Å². The van der Waals surface area contributed by atoms with Gasteiger partial charge >= 0.3 is 0 Å². The van der Waals surface area contributed by atoms with Crippen LogP contribution in [-0.2, 0) is 9.59 Å². The third-order valence-electron chi connectivity index (χ3n) is 3.54. The zero-order chi connectivity index (χ0) is 14.3. The summed E-state index contributed by atoms with van der Waals surface area (Å²) in [5.74, 6) is -0.407. The van der Waals surface area contributed by atoms with Crippen LogP contribution in [0, 0.1) is 0 Å². The summed E-state index contributed by atoms with van der Waals surface area (Å²) >= 11 is 0. The van der Waals surface area contributed by atoms with E-state index in [2.05, 4.69) is 10.6 Å². The van der Waals surface area contributed by atoms with E-state index in [0.29, 0.717) is 6.54 Å². The van der Waals surface area contributed by atoms with Crippen molar-refractivity contribution in [2.24, 2.45) is 5.73 Å². The second kappa shape index (κ2) is 8.12. The largest absolute Gasteiger partial charge is 0.369 e. The lowest BCUT2D eigenvalue weighted by Crippen LogP contribution is -2.54. The summed E-state index contributed by atoms with van der Waals surface area (Å²) in [5.41, 5.74) is 5.31. The first-order chi connectivity index (χ1) is 9.06. The minimum atomic E-state index is -0.381. The molecular weight excluding hydrogens is 244 g/mol. The molecule has 0 aromatic heterocycles. The Morgan fingerprint density at radius 1 is 1.42 bits per heavy atom. The first kappa shape index (κ1) is 15.9. The molecule has 0 spiro atoms. The number of rotatable bonds is 7.